The molecule has 1 aromatic carbocycles. The minimum atomic E-state index is -0.597. The van der Waals surface area contributed by atoms with Crippen LogP contribution in [0.2, 0.25) is 0 Å². The van der Waals surface area contributed by atoms with Gasteiger partial charge in [-0.1, -0.05) is 12.8 Å². The lowest BCUT2D eigenvalue weighted by atomic mass is 9.84. The Balaban J connectivity index is 1.86. The van der Waals surface area contributed by atoms with Gasteiger partial charge in [-0.2, -0.15) is 5.26 Å². The Hall–Kier alpha value is -2.10. The number of aliphatic hydroxyl groups excluding tert-OH is 1. The standard InChI is InChI=1S/C22H30N2O4/c1-22(2)21(27-13-6-4-3-5-12-25)20(24-11-7-8-19(24)26)17-14-16(15-23)9-10-18(17)28-22/h9-10,14,20-21,25H,3-8,11-13H2,1-2H3/t20-,21+/m1/s1. The number of carbonyl (C=O) groups is 1. The van der Waals surface area contributed by atoms with E-state index in [1.165, 1.54) is 0 Å². The number of benzene rings is 1. The van der Waals surface area contributed by atoms with Crippen LogP contribution in [0.4, 0.5) is 0 Å². The summed E-state index contributed by atoms with van der Waals surface area (Å²) in [4.78, 5) is 14.5. The Kier molecular flexibility index (Phi) is 6.58. The molecule has 0 spiro atoms. The highest BCUT2D eigenvalue weighted by Gasteiger charge is 2.49. The van der Waals surface area contributed by atoms with E-state index in [1.54, 1.807) is 6.07 Å². The molecule has 1 aromatic rings. The summed E-state index contributed by atoms with van der Waals surface area (Å²) >= 11 is 0. The van der Waals surface area contributed by atoms with Gasteiger partial charge in [-0.25, -0.2) is 0 Å². The zero-order valence-electron chi connectivity index (χ0n) is 16.8. The van der Waals surface area contributed by atoms with E-state index >= 15 is 0 Å². The van der Waals surface area contributed by atoms with Gasteiger partial charge >= 0.3 is 0 Å². The van der Waals surface area contributed by atoms with Crippen molar-refractivity contribution in [2.75, 3.05) is 19.8 Å². The van der Waals surface area contributed by atoms with Crippen LogP contribution in [0.15, 0.2) is 18.2 Å². The Morgan fingerprint density at radius 3 is 2.79 bits per heavy atom. The van der Waals surface area contributed by atoms with Crippen LogP contribution in [0.25, 0.3) is 0 Å². The molecule has 6 heteroatoms. The number of unbranched alkanes of at least 4 members (excludes halogenated alkanes) is 3. The van der Waals surface area contributed by atoms with Crippen LogP contribution < -0.4 is 4.74 Å². The number of nitriles is 1. The molecule has 0 radical (unpaired) electrons. The van der Waals surface area contributed by atoms with Gasteiger partial charge in [0.15, 0.2) is 0 Å². The highest BCUT2D eigenvalue weighted by molar-refractivity contribution is 5.79. The van der Waals surface area contributed by atoms with E-state index in [2.05, 4.69) is 6.07 Å². The van der Waals surface area contributed by atoms with E-state index in [1.807, 2.05) is 30.9 Å². The van der Waals surface area contributed by atoms with Crippen molar-refractivity contribution in [2.45, 2.75) is 70.1 Å². The molecule has 0 bridgehead atoms. The number of fused-ring (bicyclic) bond motifs is 1. The molecule has 28 heavy (non-hydrogen) atoms. The fraction of sp³-hybridized carbons (Fsp3) is 0.636. The molecule has 152 valence electrons. The second-order valence-electron chi connectivity index (χ2n) is 8.13. The van der Waals surface area contributed by atoms with Gasteiger partial charge < -0.3 is 19.5 Å². The van der Waals surface area contributed by atoms with E-state index in [0.29, 0.717) is 25.1 Å². The number of likely N-dealkylation sites (tertiary alicyclic amines) is 1. The van der Waals surface area contributed by atoms with E-state index < -0.39 is 5.60 Å². The molecule has 2 atom stereocenters. The number of hydrogen-bond acceptors (Lipinski definition) is 5. The van der Waals surface area contributed by atoms with Crippen LogP contribution in [0.5, 0.6) is 5.75 Å². The molecule has 1 amide bonds. The zero-order chi connectivity index (χ0) is 20.1. The van der Waals surface area contributed by atoms with Gasteiger partial charge in [-0.3, -0.25) is 4.79 Å². The highest BCUT2D eigenvalue weighted by atomic mass is 16.6. The zero-order valence-corrected chi connectivity index (χ0v) is 16.8. The first-order valence-corrected chi connectivity index (χ1v) is 10.2. The van der Waals surface area contributed by atoms with Gasteiger partial charge in [0.25, 0.3) is 0 Å². The molecule has 0 aliphatic carbocycles. The summed E-state index contributed by atoms with van der Waals surface area (Å²) in [6.45, 7) is 5.50. The van der Waals surface area contributed by atoms with Crippen molar-refractivity contribution in [2.24, 2.45) is 0 Å². The number of aliphatic hydroxyl groups is 1. The summed E-state index contributed by atoms with van der Waals surface area (Å²) in [6, 6.07) is 7.35. The first kappa shape index (κ1) is 20.6. The second-order valence-corrected chi connectivity index (χ2v) is 8.13. The molecule has 2 aliphatic heterocycles. The lowest BCUT2D eigenvalue weighted by molar-refractivity contribution is -0.148. The van der Waals surface area contributed by atoms with Gasteiger partial charge in [0, 0.05) is 31.7 Å². The van der Waals surface area contributed by atoms with Crippen LogP contribution in [-0.4, -0.2) is 47.4 Å². The van der Waals surface area contributed by atoms with Crippen molar-refractivity contribution < 1.29 is 19.4 Å². The fourth-order valence-corrected chi connectivity index (χ4v) is 4.19. The molecular formula is C22H30N2O4. The predicted molar refractivity (Wildman–Crippen MR) is 105 cm³/mol. The lowest BCUT2D eigenvalue weighted by Gasteiger charge is -2.47. The normalized spacial score (nSPS) is 23.2. The summed E-state index contributed by atoms with van der Waals surface area (Å²) in [7, 11) is 0. The van der Waals surface area contributed by atoms with Crippen LogP contribution >= 0.6 is 0 Å². The van der Waals surface area contributed by atoms with E-state index in [4.69, 9.17) is 14.6 Å². The maximum absolute atomic E-state index is 12.6. The first-order valence-electron chi connectivity index (χ1n) is 10.2. The highest BCUT2D eigenvalue weighted by Crippen LogP contribution is 2.45. The quantitative estimate of drug-likeness (QED) is 0.693. The van der Waals surface area contributed by atoms with Crippen molar-refractivity contribution in [1.82, 2.24) is 4.90 Å². The molecule has 2 heterocycles. The number of amides is 1. The molecule has 0 saturated carbocycles. The average molecular weight is 386 g/mol. The Labute approximate surface area is 167 Å². The van der Waals surface area contributed by atoms with Crippen molar-refractivity contribution in [1.29, 1.82) is 5.26 Å². The minimum Gasteiger partial charge on any atom is -0.485 e. The molecule has 6 nitrogen and oxygen atoms in total. The largest absolute Gasteiger partial charge is 0.485 e. The number of hydrogen-bond donors (Lipinski definition) is 1. The molecule has 1 fully saturated rings. The van der Waals surface area contributed by atoms with Gasteiger partial charge in [-0.05, 0) is 51.3 Å². The third-order valence-electron chi connectivity index (χ3n) is 5.60. The fourth-order valence-electron chi connectivity index (χ4n) is 4.19. The average Bonchev–Trinajstić information content (AvgIpc) is 3.09. The molecule has 3 rings (SSSR count). The lowest BCUT2D eigenvalue weighted by Crippen LogP contribution is -2.55. The van der Waals surface area contributed by atoms with E-state index in [-0.39, 0.29) is 24.7 Å². The number of carbonyl (C=O) groups excluding carboxylic acids is 1. The summed E-state index contributed by atoms with van der Waals surface area (Å²) < 4.78 is 12.6. The Morgan fingerprint density at radius 2 is 2.11 bits per heavy atom. The van der Waals surface area contributed by atoms with Crippen LogP contribution in [0.1, 0.15) is 69.5 Å². The number of nitrogens with zero attached hydrogens (tertiary/aromatic N) is 2. The van der Waals surface area contributed by atoms with Gasteiger partial charge in [-0.15, -0.1) is 0 Å². The maximum atomic E-state index is 12.6. The summed E-state index contributed by atoms with van der Waals surface area (Å²) in [5, 5.41) is 18.2. The number of rotatable bonds is 8. The molecule has 1 N–H and O–H groups in total. The number of ether oxygens (including phenoxy) is 2. The SMILES string of the molecule is CC1(C)Oc2ccc(C#N)cc2[C@@H](N2CCCC2=O)[C@@H]1OCCCCCCO. The molecule has 0 aromatic heterocycles. The molecule has 2 aliphatic rings. The van der Waals surface area contributed by atoms with Crippen LogP contribution in [-0.2, 0) is 9.53 Å². The van der Waals surface area contributed by atoms with Crippen molar-refractivity contribution in [3.05, 3.63) is 29.3 Å². The summed E-state index contributed by atoms with van der Waals surface area (Å²) in [5.74, 6) is 0.851. The Bertz CT molecular complexity index is 741. The van der Waals surface area contributed by atoms with Crippen LogP contribution in [0, 0.1) is 11.3 Å². The monoisotopic (exact) mass is 386 g/mol. The molecular weight excluding hydrogens is 356 g/mol. The smallest absolute Gasteiger partial charge is 0.223 e. The molecule has 0 unspecified atom stereocenters. The van der Waals surface area contributed by atoms with Gasteiger partial charge in [0.05, 0.1) is 17.7 Å². The second kappa shape index (κ2) is 8.93. The van der Waals surface area contributed by atoms with Gasteiger partial charge in [0.2, 0.25) is 5.91 Å². The molecule has 1 saturated heterocycles. The third kappa shape index (κ3) is 4.31. The van der Waals surface area contributed by atoms with Crippen LogP contribution in [0.3, 0.4) is 0 Å². The topological polar surface area (TPSA) is 82.8 Å². The maximum Gasteiger partial charge on any atom is 0.223 e. The van der Waals surface area contributed by atoms with Crippen molar-refractivity contribution in [3.63, 3.8) is 0 Å². The van der Waals surface area contributed by atoms with E-state index in [0.717, 1.165) is 43.4 Å². The summed E-state index contributed by atoms with van der Waals surface area (Å²) in [5.41, 5.74) is 0.820. The van der Waals surface area contributed by atoms with Gasteiger partial charge in [0.1, 0.15) is 17.5 Å². The predicted octanol–water partition coefficient (Wildman–Crippen LogP) is 3.33. The minimum absolute atomic E-state index is 0.132. The Morgan fingerprint density at radius 1 is 1.32 bits per heavy atom. The first-order chi connectivity index (χ1) is 13.5. The third-order valence-corrected chi connectivity index (χ3v) is 5.60. The van der Waals surface area contributed by atoms with Crippen molar-refractivity contribution >= 4 is 5.91 Å². The van der Waals surface area contributed by atoms with E-state index in [9.17, 15) is 10.1 Å². The van der Waals surface area contributed by atoms with Crippen molar-refractivity contribution in [3.8, 4) is 11.8 Å². The summed E-state index contributed by atoms with van der Waals surface area (Å²) in [6.07, 6.45) is 4.78.